The lowest BCUT2D eigenvalue weighted by Gasteiger charge is -2.21. The van der Waals surface area contributed by atoms with Crippen LogP contribution < -0.4 is 0 Å². The standard InChI is InChI=1S/C22H19N.C5H6/c1-22(2)17-10-6-4-9-16(17)20-18(22)13-12-15-14-8-5-7-11-19(14)23(3)21(15)20;1-2-4-5-3-1/h4-13H,1-3H3;1-4H,5H2. The fourth-order valence-electron chi connectivity index (χ4n) is 4.85. The zero-order valence-corrected chi connectivity index (χ0v) is 16.7. The number of rotatable bonds is 0. The molecule has 2 aliphatic rings. The molecule has 6 rings (SSSR count). The van der Waals surface area contributed by atoms with Crippen LogP contribution in [0.25, 0.3) is 32.9 Å². The summed E-state index contributed by atoms with van der Waals surface area (Å²) in [6, 6.07) is 22.2. The SMILES string of the molecule is C1=CCC=C1.Cn1c2ccccc2c2ccc3c(c21)-c1ccccc1C3(C)C. The van der Waals surface area contributed by atoms with E-state index >= 15 is 0 Å². The molecule has 138 valence electrons. The van der Waals surface area contributed by atoms with Crippen LogP contribution in [0.3, 0.4) is 0 Å². The van der Waals surface area contributed by atoms with Gasteiger partial charge in [-0.25, -0.2) is 0 Å². The molecule has 0 atom stereocenters. The van der Waals surface area contributed by atoms with Crippen LogP contribution in [-0.2, 0) is 12.5 Å². The minimum Gasteiger partial charge on any atom is -0.343 e. The lowest BCUT2D eigenvalue weighted by Crippen LogP contribution is -2.14. The molecular weight excluding hydrogens is 338 g/mol. The Bertz CT molecular complexity index is 1250. The van der Waals surface area contributed by atoms with Crippen molar-refractivity contribution in [3.63, 3.8) is 0 Å². The monoisotopic (exact) mass is 363 g/mol. The molecule has 4 aromatic rings. The van der Waals surface area contributed by atoms with Gasteiger partial charge in [0.25, 0.3) is 0 Å². The quantitative estimate of drug-likeness (QED) is 0.313. The van der Waals surface area contributed by atoms with E-state index in [1.54, 1.807) is 0 Å². The van der Waals surface area contributed by atoms with Gasteiger partial charge >= 0.3 is 0 Å². The van der Waals surface area contributed by atoms with Crippen LogP contribution in [0.15, 0.2) is 85.0 Å². The lowest BCUT2D eigenvalue weighted by atomic mass is 9.82. The van der Waals surface area contributed by atoms with Crippen molar-refractivity contribution >= 4 is 21.8 Å². The average Bonchev–Trinajstić information content (AvgIpc) is 3.43. The number of aryl methyl sites for hydroxylation is 1. The van der Waals surface area contributed by atoms with Crippen LogP contribution in [0.5, 0.6) is 0 Å². The van der Waals surface area contributed by atoms with Gasteiger partial charge in [0.2, 0.25) is 0 Å². The maximum atomic E-state index is 2.36. The molecule has 0 aliphatic heterocycles. The Balaban J connectivity index is 0.000000300. The van der Waals surface area contributed by atoms with Gasteiger partial charge in [0.05, 0.1) is 5.52 Å². The van der Waals surface area contributed by atoms with Gasteiger partial charge in [-0.1, -0.05) is 92.7 Å². The first-order valence-electron chi connectivity index (χ1n) is 10.0. The fraction of sp³-hybridized carbons (Fsp3) is 0.185. The molecule has 0 N–H and O–H groups in total. The van der Waals surface area contributed by atoms with Gasteiger partial charge < -0.3 is 4.57 Å². The summed E-state index contributed by atoms with van der Waals surface area (Å²) in [5, 5.41) is 2.70. The van der Waals surface area contributed by atoms with Crippen molar-refractivity contribution in [1.29, 1.82) is 0 Å². The number of hydrogen-bond donors (Lipinski definition) is 0. The first-order valence-corrected chi connectivity index (χ1v) is 10.0. The molecule has 1 nitrogen and oxygen atoms in total. The average molecular weight is 364 g/mol. The van der Waals surface area contributed by atoms with Crippen LogP contribution in [0.2, 0.25) is 0 Å². The highest BCUT2D eigenvalue weighted by Crippen LogP contribution is 2.52. The van der Waals surface area contributed by atoms with Gasteiger partial charge in [-0.15, -0.1) is 0 Å². The molecule has 2 aliphatic carbocycles. The van der Waals surface area contributed by atoms with Crippen molar-refractivity contribution in [3.05, 3.63) is 96.1 Å². The van der Waals surface area contributed by atoms with Crippen molar-refractivity contribution in [1.82, 2.24) is 4.57 Å². The highest BCUT2D eigenvalue weighted by Gasteiger charge is 2.36. The van der Waals surface area contributed by atoms with Gasteiger partial charge in [0.1, 0.15) is 0 Å². The van der Waals surface area contributed by atoms with Crippen LogP contribution in [-0.4, -0.2) is 4.57 Å². The lowest BCUT2D eigenvalue weighted by molar-refractivity contribution is 0.660. The summed E-state index contributed by atoms with van der Waals surface area (Å²) in [5.41, 5.74) is 8.42. The maximum Gasteiger partial charge on any atom is 0.0571 e. The van der Waals surface area contributed by atoms with Crippen molar-refractivity contribution in [2.24, 2.45) is 7.05 Å². The highest BCUT2D eigenvalue weighted by molar-refractivity contribution is 6.14. The number of fused-ring (bicyclic) bond motifs is 7. The van der Waals surface area contributed by atoms with E-state index in [-0.39, 0.29) is 5.41 Å². The number of benzene rings is 3. The molecular formula is C27H25N. The molecule has 0 saturated heterocycles. The number of allylic oxidation sites excluding steroid dienone is 4. The second kappa shape index (κ2) is 6.24. The van der Waals surface area contributed by atoms with E-state index in [4.69, 9.17) is 0 Å². The molecule has 0 spiro atoms. The van der Waals surface area contributed by atoms with E-state index in [9.17, 15) is 0 Å². The second-order valence-corrected chi connectivity index (χ2v) is 8.22. The zero-order valence-electron chi connectivity index (χ0n) is 16.7. The summed E-state index contributed by atoms with van der Waals surface area (Å²) in [6.07, 6.45) is 9.50. The van der Waals surface area contributed by atoms with E-state index in [1.807, 2.05) is 0 Å². The third-order valence-corrected chi connectivity index (χ3v) is 6.27. The highest BCUT2D eigenvalue weighted by atomic mass is 14.9. The van der Waals surface area contributed by atoms with Crippen molar-refractivity contribution in [3.8, 4) is 11.1 Å². The molecule has 0 unspecified atom stereocenters. The normalized spacial score (nSPS) is 15.5. The Morgan fingerprint density at radius 2 is 1.46 bits per heavy atom. The van der Waals surface area contributed by atoms with E-state index in [2.05, 4.69) is 110 Å². The first-order chi connectivity index (χ1) is 13.6. The number of nitrogens with zero attached hydrogens (tertiary/aromatic N) is 1. The third kappa shape index (κ3) is 2.32. The van der Waals surface area contributed by atoms with Crippen molar-refractivity contribution < 1.29 is 0 Å². The van der Waals surface area contributed by atoms with E-state index in [0.29, 0.717) is 0 Å². The summed E-state index contributed by atoms with van der Waals surface area (Å²) in [7, 11) is 2.19. The summed E-state index contributed by atoms with van der Waals surface area (Å²) < 4.78 is 2.36. The van der Waals surface area contributed by atoms with Crippen LogP contribution in [0.4, 0.5) is 0 Å². The second-order valence-electron chi connectivity index (χ2n) is 8.22. The maximum absolute atomic E-state index is 2.36. The Kier molecular flexibility index (Phi) is 3.80. The van der Waals surface area contributed by atoms with E-state index < -0.39 is 0 Å². The molecule has 0 bridgehead atoms. The number of para-hydroxylation sites is 1. The van der Waals surface area contributed by atoms with Gasteiger partial charge in [0.15, 0.2) is 0 Å². The Morgan fingerprint density at radius 3 is 2.21 bits per heavy atom. The van der Waals surface area contributed by atoms with Crippen LogP contribution in [0, 0.1) is 0 Å². The largest absolute Gasteiger partial charge is 0.343 e. The number of aromatic nitrogens is 1. The van der Waals surface area contributed by atoms with Gasteiger partial charge in [-0.05, 0) is 29.2 Å². The van der Waals surface area contributed by atoms with Gasteiger partial charge in [0, 0.05) is 34.3 Å². The van der Waals surface area contributed by atoms with E-state index in [0.717, 1.165) is 6.42 Å². The van der Waals surface area contributed by atoms with Crippen LogP contribution >= 0.6 is 0 Å². The molecule has 0 saturated carbocycles. The van der Waals surface area contributed by atoms with Crippen molar-refractivity contribution in [2.45, 2.75) is 25.7 Å². The summed E-state index contributed by atoms with van der Waals surface area (Å²) in [4.78, 5) is 0. The molecule has 1 aromatic heterocycles. The first kappa shape index (κ1) is 17.1. The Hall–Kier alpha value is -3.06. The minimum atomic E-state index is 0.0660. The smallest absolute Gasteiger partial charge is 0.0571 e. The van der Waals surface area contributed by atoms with Gasteiger partial charge in [-0.2, -0.15) is 0 Å². The molecule has 3 aromatic carbocycles. The predicted octanol–water partition coefficient (Wildman–Crippen LogP) is 7.14. The molecule has 1 heterocycles. The topological polar surface area (TPSA) is 4.93 Å². The fourth-order valence-corrected chi connectivity index (χ4v) is 4.85. The summed E-state index contributed by atoms with van der Waals surface area (Å²) in [6.45, 7) is 4.68. The predicted molar refractivity (Wildman–Crippen MR) is 121 cm³/mol. The Labute approximate surface area is 166 Å². The third-order valence-electron chi connectivity index (χ3n) is 6.27. The molecule has 0 radical (unpaired) electrons. The molecule has 0 amide bonds. The summed E-state index contributed by atoms with van der Waals surface area (Å²) >= 11 is 0. The molecule has 0 fully saturated rings. The van der Waals surface area contributed by atoms with Gasteiger partial charge in [-0.3, -0.25) is 0 Å². The minimum absolute atomic E-state index is 0.0660. The zero-order chi connectivity index (χ0) is 19.3. The molecule has 28 heavy (non-hydrogen) atoms. The molecule has 1 heteroatoms. The Morgan fingerprint density at radius 1 is 0.750 bits per heavy atom. The van der Waals surface area contributed by atoms with Crippen LogP contribution in [0.1, 0.15) is 31.4 Å². The summed E-state index contributed by atoms with van der Waals surface area (Å²) in [5.74, 6) is 0. The van der Waals surface area contributed by atoms with Crippen molar-refractivity contribution in [2.75, 3.05) is 0 Å². The van der Waals surface area contributed by atoms with E-state index in [1.165, 1.54) is 44.1 Å². The number of hydrogen-bond acceptors (Lipinski definition) is 0.